The van der Waals surface area contributed by atoms with Gasteiger partial charge in [-0.25, -0.2) is 0 Å². The highest BCUT2D eigenvalue weighted by atomic mass is 32.1. The number of rotatable bonds is 2. The first-order valence-electron chi connectivity index (χ1n) is 8.30. The first-order valence-corrected chi connectivity index (χ1v) is 8.71. The number of aryl methyl sites for hydroxylation is 2. The molecule has 4 rings (SSSR count). The third-order valence-corrected chi connectivity index (χ3v) is 4.94. The van der Waals surface area contributed by atoms with E-state index in [0.29, 0.717) is 10.7 Å². The Morgan fingerprint density at radius 3 is 2.42 bits per heavy atom. The Bertz CT molecular complexity index is 1010. The van der Waals surface area contributed by atoms with Gasteiger partial charge in [0.25, 0.3) is 0 Å². The van der Waals surface area contributed by atoms with E-state index < -0.39 is 0 Å². The predicted octanol–water partition coefficient (Wildman–Crippen LogP) is 4.20. The smallest absolute Gasteiger partial charge is 0.180 e. The third-order valence-electron chi connectivity index (χ3n) is 4.64. The fourth-order valence-corrected chi connectivity index (χ4v) is 3.61. The lowest BCUT2D eigenvalue weighted by Gasteiger charge is -2.38. The summed E-state index contributed by atoms with van der Waals surface area (Å²) in [4.78, 5) is 2.10. The minimum atomic E-state index is -0.118. The topological polar surface area (TPSA) is 67.7 Å². The van der Waals surface area contributed by atoms with Gasteiger partial charge in [0, 0.05) is 16.9 Å². The Morgan fingerprint density at radius 2 is 1.77 bits per heavy atom. The van der Waals surface area contributed by atoms with Gasteiger partial charge >= 0.3 is 0 Å². The zero-order valence-corrected chi connectivity index (χ0v) is 15.3. The number of aromatic nitrogens is 2. The van der Waals surface area contributed by atoms with Gasteiger partial charge in [-0.15, -0.1) is 0 Å². The first kappa shape index (κ1) is 16.3. The molecule has 0 spiro atoms. The van der Waals surface area contributed by atoms with Crippen LogP contribution in [0.25, 0.3) is 0 Å². The highest BCUT2D eigenvalue weighted by Gasteiger charge is 2.35. The van der Waals surface area contributed by atoms with Gasteiger partial charge in [0.05, 0.1) is 17.7 Å². The maximum Gasteiger partial charge on any atom is 0.180 e. The lowest BCUT2D eigenvalue weighted by molar-refractivity contribution is 0.826. The van der Waals surface area contributed by atoms with Crippen LogP contribution in [0.1, 0.15) is 34.0 Å². The first-order chi connectivity index (χ1) is 12.6. The van der Waals surface area contributed by atoms with Crippen molar-refractivity contribution >= 4 is 28.8 Å². The Morgan fingerprint density at radius 1 is 1.08 bits per heavy atom. The molecule has 0 amide bonds. The van der Waals surface area contributed by atoms with E-state index in [0.717, 1.165) is 28.3 Å². The molecule has 1 atom stereocenters. The SMILES string of the molecule is Cc1ccc(N2C(=S)Nc3n[nH]c(C)c3C2c2ccc(C#N)cc2)cc1. The number of H-pyrrole nitrogens is 1. The normalized spacial score (nSPS) is 16.0. The average Bonchev–Trinajstić information content (AvgIpc) is 3.02. The van der Waals surface area contributed by atoms with Crippen LogP contribution in [-0.4, -0.2) is 15.3 Å². The van der Waals surface area contributed by atoms with Crippen LogP contribution in [0.2, 0.25) is 0 Å². The summed E-state index contributed by atoms with van der Waals surface area (Å²) in [5.41, 5.74) is 5.94. The molecule has 1 aliphatic rings. The van der Waals surface area contributed by atoms with Crippen LogP contribution in [0, 0.1) is 25.2 Å². The van der Waals surface area contributed by atoms with E-state index in [1.54, 1.807) is 0 Å². The average molecular weight is 359 g/mol. The van der Waals surface area contributed by atoms with Crippen LogP contribution in [0.4, 0.5) is 11.5 Å². The van der Waals surface area contributed by atoms with E-state index >= 15 is 0 Å². The van der Waals surface area contributed by atoms with Crippen molar-refractivity contribution in [3.05, 3.63) is 76.5 Å². The molecule has 0 bridgehead atoms. The Labute approximate surface area is 157 Å². The second kappa shape index (κ2) is 6.28. The van der Waals surface area contributed by atoms with E-state index in [1.165, 1.54) is 5.56 Å². The van der Waals surface area contributed by atoms with Crippen molar-refractivity contribution in [3.8, 4) is 6.07 Å². The number of benzene rings is 2. The molecule has 0 saturated heterocycles. The van der Waals surface area contributed by atoms with E-state index in [4.69, 9.17) is 17.5 Å². The number of aromatic amines is 1. The number of nitriles is 1. The summed E-state index contributed by atoms with van der Waals surface area (Å²) >= 11 is 5.66. The van der Waals surface area contributed by atoms with Crippen LogP contribution in [0.15, 0.2) is 48.5 Å². The molecule has 1 aliphatic heterocycles. The summed E-state index contributed by atoms with van der Waals surface area (Å²) in [6.07, 6.45) is 0. The third kappa shape index (κ3) is 2.63. The van der Waals surface area contributed by atoms with E-state index in [-0.39, 0.29) is 6.04 Å². The molecule has 0 fully saturated rings. The fraction of sp³-hybridized carbons (Fsp3) is 0.150. The molecule has 128 valence electrons. The van der Waals surface area contributed by atoms with Crippen molar-refractivity contribution in [2.75, 3.05) is 10.2 Å². The van der Waals surface area contributed by atoms with Crippen LogP contribution < -0.4 is 10.2 Å². The van der Waals surface area contributed by atoms with Gasteiger partial charge in [0.2, 0.25) is 0 Å². The molecule has 5 nitrogen and oxygen atoms in total. The second-order valence-corrected chi connectivity index (χ2v) is 6.77. The molecule has 1 unspecified atom stereocenters. The molecule has 6 heteroatoms. The maximum atomic E-state index is 9.10. The van der Waals surface area contributed by atoms with Crippen molar-refractivity contribution in [2.45, 2.75) is 19.9 Å². The number of nitrogens with zero attached hydrogens (tertiary/aromatic N) is 3. The van der Waals surface area contributed by atoms with Crippen LogP contribution in [-0.2, 0) is 0 Å². The van der Waals surface area contributed by atoms with Gasteiger partial charge in [0.15, 0.2) is 10.9 Å². The Hall–Kier alpha value is -3.17. The molecule has 2 aromatic carbocycles. The van der Waals surface area contributed by atoms with Crippen LogP contribution in [0.5, 0.6) is 0 Å². The molecule has 0 radical (unpaired) electrons. The summed E-state index contributed by atoms with van der Waals surface area (Å²) in [7, 11) is 0. The van der Waals surface area contributed by atoms with Gasteiger partial charge in [0.1, 0.15) is 0 Å². The number of nitrogens with one attached hydrogen (secondary N) is 2. The van der Waals surface area contributed by atoms with Crippen molar-refractivity contribution in [1.29, 1.82) is 5.26 Å². The van der Waals surface area contributed by atoms with E-state index in [1.807, 2.05) is 31.2 Å². The summed E-state index contributed by atoms with van der Waals surface area (Å²) in [6, 6.07) is 18.0. The molecule has 1 aromatic heterocycles. The van der Waals surface area contributed by atoms with Crippen molar-refractivity contribution in [1.82, 2.24) is 10.2 Å². The lowest BCUT2D eigenvalue weighted by Crippen LogP contribution is -2.42. The number of thiocarbonyl (C=S) groups is 1. The molecular formula is C20H17N5S. The largest absolute Gasteiger partial charge is 0.315 e. The van der Waals surface area contributed by atoms with Crippen molar-refractivity contribution < 1.29 is 0 Å². The molecule has 3 aromatic rings. The molecular weight excluding hydrogens is 342 g/mol. The van der Waals surface area contributed by atoms with Gasteiger partial charge < -0.3 is 10.2 Å². The van der Waals surface area contributed by atoms with Crippen molar-refractivity contribution in [3.63, 3.8) is 0 Å². The monoisotopic (exact) mass is 359 g/mol. The maximum absolute atomic E-state index is 9.10. The standard InChI is InChI=1S/C20H17N5S/c1-12-3-9-16(10-4-12)25-18(15-7-5-14(11-21)6-8-15)17-13(2)23-24-19(17)22-20(25)26/h3-10,18H,1-2H3,(H2,22,23,24,26). The fourth-order valence-electron chi connectivity index (χ4n) is 3.30. The van der Waals surface area contributed by atoms with Gasteiger partial charge in [-0.05, 0) is 55.9 Å². The molecule has 2 N–H and O–H groups in total. The molecule has 2 heterocycles. The van der Waals surface area contributed by atoms with Crippen LogP contribution >= 0.6 is 12.2 Å². The summed E-state index contributed by atoms with van der Waals surface area (Å²) in [5.74, 6) is 0.755. The lowest BCUT2D eigenvalue weighted by atomic mass is 9.94. The Balaban J connectivity index is 1.90. The van der Waals surface area contributed by atoms with Gasteiger partial charge in [-0.3, -0.25) is 5.10 Å². The van der Waals surface area contributed by atoms with E-state index in [9.17, 15) is 0 Å². The summed E-state index contributed by atoms with van der Waals surface area (Å²) < 4.78 is 0. The predicted molar refractivity (Wildman–Crippen MR) is 106 cm³/mol. The number of hydrogen-bond donors (Lipinski definition) is 2. The van der Waals surface area contributed by atoms with Gasteiger partial charge in [-0.2, -0.15) is 10.4 Å². The molecule has 26 heavy (non-hydrogen) atoms. The quantitative estimate of drug-likeness (QED) is 0.671. The zero-order valence-electron chi connectivity index (χ0n) is 14.4. The summed E-state index contributed by atoms with van der Waals surface area (Å²) in [6.45, 7) is 4.07. The minimum absolute atomic E-state index is 0.118. The Kier molecular flexibility index (Phi) is 3.94. The molecule has 0 aliphatic carbocycles. The minimum Gasteiger partial charge on any atom is -0.315 e. The zero-order chi connectivity index (χ0) is 18.3. The van der Waals surface area contributed by atoms with Crippen LogP contribution in [0.3, 0.4) is 0 Å². The summed E-state index contributed by atoms with van der Waals surface area (Å²) in [5, 5.41) is 20.3. The van der Waals surface area contributed by atoms with Crippen molar-refractivity contribution in [2.24, 2.45) is 0 Å². The second-order valence-electron chi connectivity index (χ2n) is 6.38. The number of hydrogen-bond acceptors (Lipinski definition) is 3. The van der Waals surface area contributed by atoms with E-state index in [2.05, 4.69) is 57.7 Å². The molecule has 0 saturated carbocycles. The van der Waals surface area contributed by atoms with Gasteiger partial charge in [-0.1, -0.05) is 29.8 Å². The highest BCUT2D eigenvalue weighted by Crippen LogP contribution is 2.41. The number of anilines is 2. The number of fused-ring (bicyclic) bond motifs is 1. The highest BCUT2D eigenvalue weighted by molar-refractivity contribution is 7.80.